The van der Waals surface area contributed by atoms with Crippen molar-refractivity contribution in [3.05, 3.63) is 66.0 Å². The number of benzene rings is 1. The first-order chi connectivity index (χ1) is 34.2. The summed E-state index contributed by atoms with van der Waals surface area (Å²) in [5.41, 5.74) is 5.69. The highest BCUT2D eigenvalue weighted by Gasteiger charge is 2.46. The molecule has 5 aliphatic rings. The molecule has 392 valence electrons. The summed E-state index contributed by atoms with van der Waals surface area (Å²) in [5, 5.41) is 5.08. The van der Waals surface area contributed by atoms with Crippen molar-refractivity contribution >= 4 is 40.6 Å². The summed E-state index contributed by atoms with van der Waals surface area (Å²) in [6.07, 6.45) is -0.0488. The summed E-state index contributed by atoms with van der Waals surface area (Å²) in [6, 6.07) is 5.34. The van der Waals surface area contributed by atoms with Crippen LogP contribution in [-0.4, -0.2) is 174 Å². The van der Waals surface area contributed by atoms with E-state index in [1.165, 1.54) is 27.7 Å². The molecular weight excluding hydrogens is 936 g/mol. The molecule has 5 amide bonds. The van der Waals surface area contributed by atoms with E-state index < -0.39 is 72.3 Å². The van der Waals surface area contributed by atoms with Crippen molar-refractivity contribution < 1.29 is 51.4 Å². The Morgan fingerprint density at radius 2 is 1.82 bits per heavy atom. The highest BCUT2D eigenvalue weighted by Crippen LogP contribution is 2.43. The topological polar surface area (TPSA) is 171 Å². The van der Waals surface area contributed by atoms with Crippen molar-refractivity contribution in [2.24, 2.45) is 11.3 Å². The van der Waals surface area contributed by atoms with Gasteiger partial charge >= 0.3 is 18.2 Å². The number of likely N-dealkylation sites (N-methyl/N-ethyl adjacent to an activating group) is 1. The van der Waals surface area contributed by atoms with Crippen LogP contribution in [0.2, 0.25) is 0 Å². The van der Waals surface area contributed by atoms with Gasteiger partial charge in [0.1, 0.15) is 24.7 Å². The number of hydrogen-bond donors (Lipinski definition) is 2. The lowest BCUT2D eigenvalue weighted by Crippen LogP contribution is -2.64. The SMILES string of the molecule is C=CC(=O)N1CCO[C@H]2CN(C(=O)N(C)[C@H](C(=O)N[C@H]3CN4CCC[C@H](C4)c4ccc5c(c4)c(c(-c4cccnc4[C@H](C)OC)n5CC(F)(F)F)CC(C)(C)COC(=O)[C@@H]4CCCN(N4)C3=O)C(C)C)C[C@H]21. The van der Waals surface area contributed by atoms with Crippen molar-refractivity contribution in [3.8, 4) is 11.3 Å². The Morgan fingerprint density at radius 3 is 2.54 bits per heavy atom. The lowest BCUT2D eigenvalue weighted by Gasteiger charge is -2.39. The molecular formula is C52H70F3N9O8. The number of amides is 5. The number of hydrogen-bond acceptors (Lipinski definition) is 11. The van der Waals surface area contributed by atoms with E-state index in [1.807, 2.05) is 39.8 Å². The number of nitrogens with zero attached hydrogens (tertiary/aromatic N) is 7. The van der Waals surface area contributed by atoms with Crippen molar-refractivity contribution in [2.45, 2.75) is 122 Å². The Balaban J connectivity index is 1.14. The number of morpholine rings is 1. The third-order valence-electron chi connectivity index (χ3n) is 15.0. The van der Waals surface area contributed by atoms with Crippen LogP contribution in [0.1, 0.15) is 89.1 Å². The number of methoxy groups -OCH3 is 1. The Hall–Kier alpha value is -5.57. The van der Waals surface area contributed by atoms with Crippen LogP contribution in [0.3, 0.4) is 0 Å². The summed E-state index contributed by atoms with van der Waals surface area (Å²) >= 11 is 0. The zero-order valence-corrected chi connectivity index (χ0v) is 42.5. The number of nitrogens with one attached hydrogen (secondary N) is 2. The van der Waals surface area contributed by atoms with Gasteiger partial charge in [0, 0.05) is 75.0 Å². The highest BCUT2D eigenvalue weighted by molar-refractivity contribution is 5.94. The molecule has 1 unspecified atom stereocenters. The number of aromatic nitrogens is 2. The van der Waals surface area contributed by atoms with E-state index in [1.54, 1.807) is 48.2 Å². The normalized spacial score (nSPS) is 25.8. The van der Waals surface area contributed by atoms with E-state index in [-0.39, 0.29) is 63.0 Å². The maximum Gasteiger partial charge on any atom is 0.406 e. The molecule has 4 fully saturated rings. The van der Waals surface area contributed by atoms with Gasteiger partial charge in [0.15, 0.2) is 0 Å². The third kappa shape index (κ3) is 11.2. The lowest BCUT2D eigenvalue weighted by molar-refractivity contribution is -0.155. The second-order valence-electron chi connectivity index (χ2n) is 21.2. The molecule has 20 heteroatoms. The standard InChI is InChI=1S/C52H70F3N9O8/c1-9-43(65)62-21-22-71-42-28-61(27-41(42)62)50(69)59(7)45(31(2)3)47(66)57-39-26-60-19-11-13-34(25-60)33-16-17-40-36(23-33)37(24-51(5,6)30-72-49(68)38-15-12-20-64(58-38)48(39)67)46(63(40)29-52(53,54)55)35-14-10-18-56-44(35)32(4)70-8/h9-10,14,16-18,23,31-32,34,38-39,41-42,45,58H,1,11-13,15,19-22,24-30H2,2-8H3,(H,57,66)/t32-,34+,38-,39-,41+,42-,45-/m0/s1. The number of alkyl halides is 3. The molecule has 72 heavy (non-hydrogen) atoms. The smallest absolute Gasteiger partial charge is 0.406 e. The lowest BCUT2D eigenvalue weighted by atomic mass is 9.83. The number of likely N-dealkylation sites (tertiary alicyclic amines) is 1. The predicted octanol–water partition coefficient (Wildman–Crippen LogP) is 5.43. The van der Waals surface area contributed by atoms with Crippen LogP contribution in [-0.2, 0) is 46.4 Å². The fraction of sp³-hybridized carbons (Fsp3) is 0.615. The number of fused-ring (bicyclic) bond motifs is 7. The van der Waals surface area contributed by atoms with E-state index in [4.69, 9.17) is 14.2 Å². The van der Waals surface area contributed by atoms with Gasteiger partial charge in [-0.2, -0.15) is 13.2 Å². The number of pyridine rings is 1. The van der Waals surface area contributed by atoms with E-state index in [2.05, 4.69) is 27.2 Å². The van der Waals surface area contributed by atoms with Crippen molar-refractivity contribution in [2.75, 3.05) is 73.2 Å². The molecule has 0 aliphatic carbocycles. The summed E-state index contributed by atoms with van der Waals surface area (Å²) in [5.74, 6) is -2.28. The molecule has 3 aromatic rings. The third-order valence-corrected chi connectivity index (χ3v) is 15.0. The summed E-state index contributed by atoms with van der Waals surface area (Å²) in [4.78, 5) is 81.8. The summed E-state index contributed by atoms with van der Waals surface area (Å²) in [7, 11) is 3.09. The molecule has 0 spiro atoms. The molecule has 6 bridgehead atoms. The number of piperidine rings is 1. The molecule has 8 rings (SSSR count). The number of hydrazine groups is 1. The molecule has 8 atom stereocenters. The zero-order valence-electron chi connectivity index (χ0n) is 42.5. The van der Waals surface area contributed by atoms with Gasteiger partial charge in [-0.1, -0.05) is 40.3 Å². The highest BCUT2D eigenvalue weighted by atomic mass is 19.4. The van der Waals surface area contributed by atoms with E-state index in [0.717, 1.165) is 18.4 Å². The van der Waals surface area contributed by atoms with Gasteiger partial charge in [0.25, 0.3) is 5.91 Å². The molecule has 1 aromatic carbocycles. The minimum Gasteiger partial charge on any atom is -0.464 e. The van der Waals surface area contributed by atoms with Gasteiger partial charge in [-0.3, -0.25) is 29.2 Å². The minimum atomic E-state index is -4.57. The van der Waals surface area contributed by atoms with Gasteiger partial charge in [0.05, 0.1) is 49.4 Å². The van der Waals surface area contributed by atoms with Gasteiger partial charge in [0.2, 0.25) is 11.8 Å². The molecule has 5 aliphatic heterocycles. The number of esters is 1. The fourth-order valence-corrected chi connectivity index (χ4v) is 11.5. The van der Waals surface area contributed by atoms with E-state index in [9.17, 15) is 37.1 Å². The van der Waals surface area contributed by atoms with Crippen LogP contribution in [0.4, 0.5) is 18.0 Å². The molecule has 0 saturated carbocycles. The minimum absolute atomic E-state index is 0.0759. The Kier molecular flexibility index (Phi) is 15.7. The molecule has 0 radical (unpaired) electrons. The number of carbonyl (C=O) groups is 5. The second-order valence-corrected chi connectivity index (χ2v) is 21.2. The molecule has 2 N–H and O–H groups in total. The predicted molar refractivity (Wildman–Crippen MR) is 262 cm³/mol. The second kappa shape index (κ2) is 21.5. The first kappa shape index (κ1) is 52.7. The van der Waals surface area contributed by atoms with Crippen molar-refractivity contribution in [1.29, 1.82) is 0 Å². The average molecular weight is 1010 g/mol. The maximum absolute atomic E-state index is 14.8. The van der Waals surface area contributed by atoms with Crippen LogP contribution >= 0.6 is 0 Å². The van der Waals surface area contributed by atoms with Gasteiger partial charge in [-0.15, -0.1) is 0 Å². The van der Waals surface area contributed by atoms with E-state index in [0.29, 0.717) is 72.5 Å². The van der Waals surface area contributed by atoms with E-state index >= 15 is 0 Å². The van der Waals surface area contributed by atoms with Gasteiger partial charge in [-0.25, -0.2) is 10.2 Å². The number of urea groups is 1. The number of halogens is 3. The summed E-state index contributed by atoms with van der Waals surface area (Å²) in [6.45, 7) is 14.2. The van der Waals surface area contributed by atoms with Crippen LogP contribution < -0.4 is 10.7 Å². The van der Waals surface area contributed by atoms with Crippen molar-refractivity contribution in [1.82, 2.24) is 44.9 Å². The molecule has 17 nitrogen and oxygen atoms in total. The number of ether oxygens (including phenoxy) is 3. The average Bonchev–Trinajstić information content (AvgIpc) is 3.92. The van der Waals surface area contributed by atoms with Crippen molar-refractivity contribution in [3.63, 3.8) is 0 Å². The maximum atomic E-state index is 14.8. The monoisotopic (exact) mass is 1010 g/mol. The van der Waals surface area contributed by atoms with Gasteiger partial charge in [-0.05, 0) is 98.9 Å². The van der Waals surface area contributed by atoms with Crippen LogP contribution in [0.15, 0.2) is 49.2 Å². The van der Waals surface area contributed by atoms with Crippen LogP contribution in [0, 0.1) is 11.3 Å². The van der Waals surface area contributed by atoms with Crippen LogP contribution in [0.5, 0.6) is 0 Å². The molecule has 7 heterocycles. The Morgan fingerprint density at radius 1 is 1.06 bits per heavy atom. The number of cyclic esters (lactones) is 1. The first-order valence-electron chi connectivity index (χ1n) is 25.2. The molecule has 4 saturated heterocycles. The Bertz CT molecular complexity index is 2530. The quantitative estimate of drug-likeness (QED) is 0.207. The van der Waals surface area contributed by atoms with Gasteiger partial charge < -0.3 is 43.7 Å². The Labute approximate surface area is 419 Å². The fourth-order valence-electron chi connectivity index (χ4n) is 11.5. The summed E-state index contributed by atoms with van der Waals surface area (Å²) < 4.78 is 63.3. The number of carbonyl (C=O) groups excluding carboxylic acids is 5. The van der Waals surface area contributed by atoms with Crippen LogP contribution in [0.25, 0.3) is 22.2 Å². The zero-order chi connectivity index (χ0) is 51.8. The largest absolute Gasteiger partial charge is 0.464 e. The first-order valence-corrected chi connectivity index (χ1v) is 25.2. The number of rotatable bonds is 9. The molecule has 2 aromatic heterocycles.